The first-order valence-corrected chi connectivity index (χ1v) is 10.5. The van der Waals surface area contributed by atoms with Gasteiger partial charge in [0.25, 0.3) is 11.8 Å². The monoisotopic (exact) mass is 432 g/mol. The van der Waals surface area contributed by atoms with E-state index in [9.17, 15) is 9.59 Å². The van der Waals surface area contributed by atoms with Crippen molar-refractivity contribution < 1.29 is 19.1 Å². The average molecular weight is 433 g/mol. The van der Waals surface area contributed by atoms with E-state index in [1.807, 2.05) is 62.4 Å². The van der Waals surface area contributed by atoms with Gasteiger partial charge in [-0.15, -0.1) is 0 Å². The zero-order valence-corrected chi connectivity index (χ0v) is 18.7. The summed E-state index contributed by atoms with van der Waals surface area (Å²) in [6, 6.07) is 22.0. The Morgan fingerprint density at radius 3 is 1.31 bits per heavy atom. The number of carbonyl (C=O) groups excluding carboxylic acids is 2. The molecule has 6 nitrogen and oxygen atoms in total. The van der Waals surface area contributed by atoms with Crippen LogP contribution < -0.4 is 20.1 Å². The lowest BCUT2D eigenvalue weighted by molar-refractivity contribution is -0.122. The van der Waals surface area contributed by atoms with E-state index in [-0.39, 0.29) is 11.8 Å². The Morgan fingerprint density at radius 2 is 0.969 bits per heavy atom. The van der Waals surface area contributed by atoms with E-state index >= 15 is 0 Å². The number of nitrogens with one attached hydrogen (secondary N) is 2. The summed E-state index contributed by atoms with van der Waals surface area (Å²) < 4.78 is 11.5. The van der Waals surface area contributed by atoms with Crippen molar-refractivity contribution in [3.8, 4) is 11.5 Å². The number of anilines is 2. The molecule has 0 spiro atoms. The van der Waals surface area contributed by atoms with Crippen molar-refractivity contribution in [3.05, 3.63) is 83.9 Å². The van der Waals surface area contributed by atoms with Crippen LogP contribution in [0.2, 0.25) is 0 Å². The molecule has 0 aliphatic rings. The summed E-state index contributed by atoms with van der Waals surface area (Å²) in [6.07, 6.45) is -1.31. The van der Waals surface area contributed by atoms with Crippen LogP contribution in [0.5, 0.6) is 11.5 Å². The van der Waals surface area contributed by atoms with Gasteiger partial charge in [0.1, 0.15) is 11.5 Å². The second-order valence-electron chi connectivity index (χ2n) is 7.61. The van der Waals surface area contributed by atoms with Crippen molar-refractivity contribution in [3.63, 3.8) is 0 Å². The van der Waals surface area contributed by atoms with Gasteiger partial charge in [-0.1, -0.05) is 36.4 Å². The lowest BCUT2D eigenvalue weighted by Crippen LogP contribution is -2.30. The number of carbonyl (C=O) groups is 2. The minimum atomic E-state index is -0.657. The molecule has 2 atom stereocenters. The van der Waals surface area contributed by atoms with Crippen LogP contribution in [0.25, 0.3) is 0 Å². The Bertz CT molecular complexity index is 993. The van der Waals surface area contributed by atoms with Gasteiger partial charge in [-0.2, -0.15) is 0 Å². The highest BCUT2D eigenvalue weighted by Gasteiger charge is 2.17. The number of hydrogen-bond donors (Lipinski definition) is 2. The molecule has 0 radical (unpaired) electrons. The van der Waals surface area contributed by atoms with Gasteiger partial charge in [0, 0.05) is 11.4 Å². The van der Waals surface area contributed by atoms with Gasteiger partial charge in [-0.05, 0) is 75.2 Å². The molecule has 0 aliphatic carbocycles. The van der Waals surface area contributed by atoms with Gasteiger partial charge in [0.05, 0.1) is 0 Å². The summed E-state index contributed by atoms with van der Waals surface area (Å²) in [5.41, 5.74) is 3.15. The van der Waals surface area contributed by atoms with Crippen LogP contribution in [0.15, 0.2) is 72.8 Å². The van der Waals surface area contributed by atoms with Crippen molar-refractivity contribution in [2.24, 2.45) is 0 Å². The van der Waals surface area contributed by atoms with E-state index in [0.717, 1.165) is 11.1 Å². The van der Waals surface area contributed by atoms with E-state index < -0.39 is 12.2 Å². The van der Waals surface area contributed by atoms with Crippen molar-refractivity contribution in [2.75, 3.05) is 10.6 Å². The highest BCUT2D eigenvalue weighted by Crippen LogP contribution is 2.20. The standard InChI is InChI=1S/C26H28N2O4/c1-17-9-5-7-11-23(17)31-19(3)25(29)27-21-13-15-22(16-14-21)28-26(30)20(4)32-24-12-8-6-10-18(24)2/h5-16,19-20H,1-4H3,(H,27,29)(H,28,30)/t19-,20-/m0/s1. The largest absolute Gasteiger partial charge is 0.481 e. The summed E-state index contributed by atoms with van der Waals surface area (Å²) in [6.45, 7) is 7.26. The minimum absolute atomic E-state index is 0.259. The highest BCUT2D eigenvalue weighted by molar-refractivity contribution is 5.96. The Balaban J connectivity index is 1.53. The molecule has 2 amide bonds. The summed E-state index contributed by atoms with van der Waals surface area (Å²) in [7, 11) is 0. The minimum Gasteiger partial charge on any atom is -0.481 e. The number of para-hydroxylation sites is 2. The third kappa shape index (κ3) is 6.11. The third-order valence-electron chi connectivity index (χ3n) is 4.95. The topological polar surface area (TPSA) is 76.7 Å². The van der Waals surface area contributed by atoms with Gasteiger partial charge < -0.3 is 20.1 Å². The predicted octanol–water partition coefficient (Wildman–Crippen LogP) is 5.12. The van der Waals surface area contributed by atoms with Crippen molar-refractivity contribution >= 4 is 23.2 Å². The second kappa shape index (κ2) is 10.5. The van der Waals surface area contributed by atoms with Gasteiger partial charge in [0.2, 0.25) is 0 Å². The predicted molar refractivity (Wildman–Crippen MR) is 126 cm³/mol. The van der Waals surface area contributed by atoms with Crippen LogP contribution in [0.4, 0.5) is 11.4 Å². The van der Waals surface area contributed by atoms with Gasteiger partial charge >= 0.3 is 0 Å². The molecule has 0 fully saturated rings. The smallest absolute Gasteiger partial charge is 0.265 e. The molecule has 32 heavy (non-hydrogen) atoms. The molecular formula is C26H28N2O4. The molecule has 3 rings (SSSR count). The Kier molecular flexibility index (Phi) is 7.49. The van der Waals surface area contributed by atoms with E-state index in [4.69, 9.17) is 9.47 Å². The van der Waals surface area contributed by atoms with E-state index in [2.05, 4.69) is 10.6 Å². The van der Waals surface area contributed by atoms with Gasteiger partial charge in [0.15, 0.2) is 12.2 Å². The summed E-state index contributed by atoms with van der Waals surface area (Å²) >= 11 is 0. The molecule has 3 aromatic carbocycles. The first kappa shape index (κ1) is 22.9. The summed E-state index contributed by atoms with van der Waals surface area (Å²) in [4.78, 5) is 24.9. The zero-order valence-electron chi connectivity index (χ0n) is 18.7. The normalized spacial score (nSPS) is 12.4. The molecule has 166 valence electrons. The molecule has 0 heterocycles. The summed E-state index contributed by atoms with van der Waals surface area (Å²) in [5.74, 6) is 0.834. The fraction of sp³-hybridized carbons (Fsp3) is 0.231. The molecule has 0 saturated heterocycles. The molecule has 3 aromatic rings. The molecular weight excluding hydrogens is 404 g/mol. The van der Waals surface area contributed by atoms with Crippen LogP contribution in [0.1, 0.15) is 25.0 Å². The van der Waals surface area contributed by atoms with Crippen LogP contribution >= 0.6 is 0 Å². The van der Waals surface area contributed by atoms with Crippen molar-refractivity contribution in [1.29, 1.82) is 0 Å². The number of rotatable bonds is 8. The fourth-order valence-electron chi connectivity index (χ4n) is 2.99. The van der Waals surface area contributed by atoms with Crippen LogP contribution in [-0.4, -0.2) is 24.0 Å². The van der Waals surface area contributed by atoms with Crippen LogP contribution in [0.3, 0.4) is 0 Å². The number of benzene rings is 3. The molecule has 0 aliphatic heterocycles. The molecule has 6 heteroatoms. The maximum atomic E-state index is 12.5. The first-order valence-electron chi connectivity index (χ1n) is 10.5. The Morgan fingerprint density at radius 1 is 0.625 bits per heavy atom. The van der Waals surface area contributed by atoms with Gasteiger partial charge in [-0.3, -0.25) is 9.59 Å². The number of aryl methyl sites for hydroxylation is 2. The SMILES string of the molecule is Cc1ccccc1O[C@@H](C)C(=O)Nc1ccc(NC(=O)[C@H](C)Oc2ccccc2C)cc1. The summed E-state index contributed by atoms with van der Waals surface area (Å²) in [5, 5.41) is 5.64. The molecule has 2 N–H and O–H groups in total. The maximum Gasteiger partial charge on any atom is 0.265 e. The molecule has 0 aromatic heterocycles. The third-order valence-corrected chi connectivity index (χ3v) is 4.95. The zero-order chi connectivity index (χ0) is 23.1. The van der Waals surface area contributed by atoms with Gasteiger partial charge in [-0.25, -0.2) is 0 Å². The quantitative estimate of drug-likeness (QED) is 0.518. The molecule has 0 unspecified atom stereocenters. The van der Waals surface area contributed by atoms with Crippen LogP contribution in [0, 0.1) is 13.8 Å². The average Bonchev–Trinajstić information content (AvgIpc) is 2.78. The number of amides is 2. The number of hydrogen-bond acceptors (Lipinski definition) is 4. The maximum absolute atomic E-state index is 12.5. The van der Waals surface area contributed by atoms with E-state index in [1.165, 1.54) is 0 Å². The number of ether oxygens (including phenoxy) is 2. The Hall–Kier alpha value is -3.80. The van der Waals surface area contributed by atoms with Crippen LogP contribution in [-0.2, 0) is 9.59 Å². The highest BCUT2D eigenvalue weighted by atomic mass is 16.5. The first-order chi connectivity index (χ1) is 15.3. The van der Waals surface area contributed by atoms with E-state index in [0.29, 0.717) is 22.9 Å². The molecule has 0 saturated carbocycles. The van der Waals surface area contributed by atoms with Crippen molar-refractivity contribution in [2.45, 2.75) is 39.9 Å². The van der Waals surface area contributed by atoms with Crippen molar-refractivity contribution in [1.82, 2.24) is 0 Å². The second-order valence-corrected chi connectivity index (χ2v) is 7.61. The van der Waals surface area contributed by atoms with E-state index in [1.54, 1.807) is 38.1 Å². The lowest BCUT2D eigenvalue weighted by Gasteiger charge is -2.17. The fourth-order valence-corrected chi connectivity index (χ4v) is 2.99. The molecule has 0 bridgehead atoms. The Labute approximate surface area is 188 Å². The lowest BCUT2D eigenvalue weighted by atomic mass is 10.2.